The Bertz CT molecular complexity index is 797. The van der Waals surface area contributed by atoms with Gasteiger partial charge in [-0.1, -0.05) is 49.1 Å². The third kappa shape index (κ3) is 4.07. The van der Waals surface area contributed by atoms with E-state index in [9.17, 15) is 14.7 Å². The van der Waals surface area contributed by atoms with E-state index < -0.39 is 11.4 Å². The van der Waals surface area contributed by atoms with Gasteiger partial charge in [-0.2, -0.15) is 5.10 Å². The zero-order valence-electron chi connectivity index (χ0n) is 14.4. The van der Waals surface area contributed by atoms with Crippen LogP contribution in [0.4, 0.5) is 0 Å². The number of nitrogens with one attached hydrogen (secondary N) is 1. The molecule has 1 aromatic carbocycles. The molecule has 0 saturated heterocycles. The molecule has 0 spiro atoms. The SMILES string of the molecule is O=C(NCC1(C(=O)O)CCCCC1)c1cnn(Cc2ccccc2Cl)c1. The van der Waals surface area contributed by atoms with Crippen molar-refractivity contribution in [1.82, 2.24) is 15.1 Å². The average Bonchev–Trinajstić information content (AvgIpc) is 3.11. The predicted molar refractivity (Wildman–Crippen MR) is 98.3 cm³/mol. The molecule has 1 saturated carbocycles. The summed E-state index contributed by atoms with van der Waals surface area (Å²) in [6, 6.07) is 7.47. The van der Waals surface area contributed by atoms with Crippen molar-refractivity contribution < 1.29 is 14.7 Å². The van der Waals surface area contributed by atoms with Crippen molar-refractivity contribution in [3.63, 3.8) is 0 Å². The van der Waals surface area contributed by atoms with Crippen LogP contribution in [0.5, 0.6) is 0 Å². The van der Waals surface area contributed by atoms with Crippen molar-refractivity contribution in [3.8, 4) is 0 Å². The number of aliphatic carboxylic acids is 1. The van der Waals surface area contributed by atoms with Crippen molar-refractivity contribution in [3.05, 3.63) is 52.8 Å². The molecule has 1 heterocycles. The van der Waals surface area contributed by atoms with Gasteiger partial charge in [0, 0.05) is 17.8 Å². The first-order valence-electron chi connectivity index (χ1n) is 8.78. The summed E-state index contributed by atoms with van der Waals surface area (Å²) in [7, 11) is 0. The Labute approximate surface area is 157 Å². The van der Waals surface area contributed by atoms with E-state index in [-0.39, 0.29) is 12.5 Å². The molecule has 0 unspecified atom stereocenters. The number of amides is 1. The van der Waals surface area contributed by atoms with Gasteiger partial charge in [0.15, 0.2) is 0 Å². The molecule has 0 atom stereocenters. The largest absolute Gasteiger partial charge is 0.481 e. The van der Waals surface area contributed by atoms with Gasteiger partial charge < -0.3 is 10.4 Å². The van der Waals surface area contributed by atoms with E-state index in [4.69, 9.17) is 11.6 Å². The number of nitrogens with zero attached hydrogens (tertiary/aromatic N) is 2. The third-order valence-electron chi connectivity index (χ3n) is 5.04. The van der Waals surface area contributed by atoms with Crippen molar-refractivity contribution in [2.45, 2.75) is 38.6 Å². The maximum Gasteiger partial charge on any atom is 0.311 e. The molecule has 0 radical (unpaired) electrons. The second-order valence-electron chi connectivity index (χ2n) is 6.85. The summed E-state index contributed by atoms with van der Waals surface area (Å²) in [5.74, 6) is -1.13. The van der Waals surface area contributed by atoms with Gasteiger partial charge in [0.2, 0.25) is 0 Å². The zero-order chi connectivity index (χ0) is 18.6. The van der Waals surface area contributed by atoms with Crippen LogP contribution in [0, 0.1) is 5.41 Å². The predicted octanol–water partition coefficient (Wildman–Crippen LogP) is 3.35. The van der Waals surface area contributed by atoms with Gasteiger partial charge in [-0.3, -0.25) is 14.3 Å². The minimum absolute atomic E-state index is 0.150. The molecular weight excluding hydrogens is 354 g/mol. The van der Waals surface area contributed by atoms with E-state index >= 15 is 0 Å². The number of hydrogen-bond donors (Lipinski definition) is 2. The fourth-order valence-electron chi connectivity index (χ4n) is 3.41. The number of hydrogen-bond acceptors (Lipinski definition) is 3. The lowest BCUT2D eigenvalue weighted by atomic mass is 9.74. The Morgan fingerprint density at radius 3 is 2.65 bits per heavy atom. The lowest BCUT2D eigenvalue weighted by molar-refractivity contribution is -0.150. The molecule has 2 N–H and O–H groups in total. The third-order valence-corrected chi connectivity index (χ3v) is 5.41. The van der Waals surface area contributed by atoms with E-state index in [0.717, 1.165) is 24.8 Å². The topological polar surface area (TPSA) is 84.2 Å². The summed E-state index contributed by atoms with van der Waals surface area (Å²) < 4.78 is 1.64. The van der Waals surface area contributed by atoms with Crippen LogP contribution in [0.15, 0.2) is 36.7 Å². The summed E-state index contributed by atoms with van der Waals surface area (Å²) in [4.78, 5) is 24.1. The van der Waals surface area contributed by atoms with Crippen molar-refractivity contribution in [2.24, 2.45) is 5.41 Å². The molecule has 1 aliphatic carbocycles. The fourth-order valence-corrected chi connectivity index (χ4v) is 3.61. The molecule has 0 aliphatic heterocycles. The summed E-state index contributed by atoms with van der Waals surface area (Å²) in [6.45, 7) is 0.614. The van der Waals surface area contributed by atoms with Crippen LogP contribution in [0.2, 0.25) is 5.02 Å². The number of carboxylic acids is 1. The van der Waals surface area contributed by atoms with Gasteiger partial charge >= 0.3 is 5.97 Å². The molecule has 3 rings (SSSR count). The first-order chi connectivity index (χ1) is 12.5. The van der Waals surface area contributed by atoms with Gasteiger partial charge in [-0.25, -0.2) is 0 Å². The lowest BCUT2D eigenvalue weighted by Crippen LogP contribution is -2.44. The van der Waals surface area contributed by atoms with Crippen LogP contribution in [0.1, 0.15) is 48.0 Å². The van der Waals surface area contributed by atoms with Crippen LogP contribution in [-0.2, 0) is 11.3 Å². The van der Waals surface area contributed by atoms with Crippen molar-refractivity contribution >= 4 is 23.5 Å². The maximum absolute atomic E-state index is 12.4. The zero-order valence-corrected chi connectivity index (χ0v) is 15.2. The second-order valence-corrected chi connectivity index (χ2v) is 7.25. The number of benzene rings is 1. The first-order valence-corrected chi connectivity index (χ1v) is 9.15. The molecule has 1 fully saturated rings. The number of rotatable bonds is 6. The minimum atomic E-state index is -0.846. The van der Waals surface area contributed by atoms with E-state index in [1.807, 2.05) is 24.3 Å². The summed E-state index contributed by atoms with van der Waals surface area (Å²) in [5.41, 5.74) is 0.478. The molecule has 2 aromatic rings. The Balaban J connectivity index is 1.63. The Morgan fingerprint density at radius 2 is 1.96 bits per heavy atom. The summed E-state index contributed by atoms with van der Waals surface area (Å²) >= 11 is 6.15. The quantitative estimate of drug-likeness (QED) is 0.810. The normalized spacial score (nSPS) is 16.2. The highest BCUT2D eigenvalue weighted by Gasteiger charge is 2.39. The molecule has 138 valence electrons. The van der Waals surface area contributed by atoms with E-state index in [2.05, 4.69) is 10.4 Å². The lowest BCUT2D eigenvalue weighted by Gasteiger charge is -2.33. The Kier molecular flexibility index (Phi) is 5.61. The first kappa shape index (κ1) is 18.5. The standard InChI is InChI=1S/C19H22ClN3O3/c20-16-7-3-2-6-14(16)11-23-12-15(10-22-23)17(24)21-13-19(18(25)26)8-4-1-5-9-19/h2-3,6-7,10,12H,1,4-5,8-9,11,13H2,(H,21,24)(H,25,26). The Hall–Kier alpha value is -2.34. The number of carbonyl (C=O) groups is 2. The van der Waals surface area contributed by atoms with Crippen LogP contribution in [0.3, 0.4) is 0 Å². The van der Waals surface area contributed by atoms with Gasteiger partial charge in [0.1, 0.15) is 0 Å². The number of carbonyl (C=O) groups excluding carboxylic acids is 1. The molecule has 1 aliphatic rings. The average molecular weight is 376 g/mol. The van der Waals surface area contributed by atoms with E-state index in [1.54, 1.807) is 10.9 Å². The van der Waals surface area contributed by atoms with Gasteiger partial charge in [-0.05, 0) is 24.5 Å². The van der Waals surface area contributed by atoms with Crippen LogP contribution in [0.25, 0.3) is 0 Å². The van der Waals surface area contributed by atoms with E-state index in [0.29, 0.717) is 30.0 Å². The molecule has 6 nitrogen and oxygen atoms in total. The number of carboxylic acid groups (broad SMARTS) is 1. The monoisotopic (exact) mass is 375 g/mol. The van der Waals surface area contributed by atoms with E-state index in [1.165, 1.54) is 6.20 Å². The van der Waals surface area contributed by atoms with Crippen LogP contribution in [-0.4, -0.2) is 33.3 Å². The van der Waals surface area contributed by atoms with Crippen LogP contribution < -0.4 is 5.32 Å². The highest BCUT2D eigenvalue weighted by atomic mass is 35.5. The van der Waals surface area contributed by atoms with Gasteiger partial charge in [0.25, 0.3) is 5.91 Å². The van der Waals surface area contributed by atoms with Crippen molar-refractivity contribution in [2.75, 3.05) is 6.54 Å². The highest BCUT2D eigenvalue weighted by molar-refractivity contribution is 6.31. The second kappa shape index (κ2) is 7.91. The molecule has 0 bridgehead atoms. The van der Waals surface area contributed by atoms with Crippen molar-refractivity contribution in [1.29, 1.82) is 0 Å². The molecular formula is C19H22ClN3O3. The maximum atomic E-state index is 12.4. The summed E-state index contributed by atoms with van der Waals surface area (Å²) in [6.07, 6.45) is 7.17. The molecule has 1 amide bonds. The molecule has 1 aromatic heterocycles. The van der Waals surface area contributed by atoms with Gasteiger partial charge in [0.05, 0.1) is 23.7 Å². The Morgan fingerprint density at radius 1 is 1.23 bits per heavy atom. The minimum Gasteiger partial charge on any atom is -0.481 e. The smallest absolute Gasteiger partial charge is 0.311 e. The molecule has 7 heteroatoms. The fraction of sp³-hybridized carbons (Fsp3) is 0.421. The number of aromatic nitrogens is 2. The highest BCUT2D eigenvalue weighted by Crippen LogP contribution is 2.36. The van der Waals surface area contributed by atoms with Crippen LogP contribution >= 0.6 is 11.6 Å². The van der Waals surface area contributed by atoms with Gasteiger partial charge in [-0.15, -0.1) is 0 Å². The summed E-state index contributed by atoms with van der Waals surface area (Å²) in [5, 5.41) is 17.2. The number of halogens is 1. The molecule has 26 heavy (non-hydrogen) atoms.